The Balaban J connectivity index is 1.38. The molecule has 0 aliphatic carbocycles. The summed E-state index contributed by atoms with van der Waals surface area (Å²) in [6, 6.07) is 12.1. The van der Waals surface area contributed by atoms with Crippen LogP contribution in [0.5, 0.6) is 0 Å². The molecule has 1 aromatic heterocycles. The Morgan fingerprint density at radius 1 is 1.14 bits per heavy atom. The van der Waals surface area contributed by atoms with Crippen LogP contribution in [0.3, 0.4) is 0 Å². The summed E-state index contributed by atoms with van der Waals surface area (Å²) < 4.78 is 5.33. The van der Waals surface area contributed by atoms with Crippen LogP contribution in [0.15, 0.2) is 47.1 Å². The van der Waals surface area contributed by atoms with Gasteiger partial charge in [-0.2, -0.15) is 0 Å². The highest BCUT2D eigenvalue weighted by Gasteiger charge is 2.19. The normalized spacial score (nSPS) is 17.0. The summed E-state index contributed by atoms with van der Waals surface area (Å²) in [5.41, 5.74) is 1.23. The van der Waals surface area contributed by atoms with Gasteiger partial charge in [0.05, 0.1) is 12.8 Å². The van der Waals surface area contributed by atoms with Crippen LogP contribution in [0.1, 0.15) is 24.2 Å². The van der Waals surface area contributed by atoms with Gasteiger partial charge in [-0.15, -0.1) is 0 Å². The van der Waals surface area contributed by atoms with Gasteiger partial charge >= 0.3 is 0 Å². The standard InChI is InChI=1S/C18H23ClN2O/c19-18-6-2-1-4-16(18)14-21-9-7-15(8-10-21)12-20-13-17-5-3-11-22-17/h1-6,11,15,20H,7-10,12-14H2. The van der Waals surface area contributed by atoms with Crippen LogP contribution in [0.25, 0.3) is 0 Å². The number of piperidine rings is 1. The largest absolute Gasteiger partial charge is 0.468 e. The fourth-order valence-electron chi connectivity index (χ4n) is 3.03. The highest BCUT2D eigenvalue weighted by Crippen LogP contribution is 2.22. The number of rotatable bonds is 6. The van der Waals surface area contributed by atoms with Gasteiger partial charge in [0.1, 0.15) is 5.76 Å². The average Bonchev–Trinajstić information content (AvgIpc) is 3.05. The molecule has 0 bridgehead atoms. The van der Waals surface area contributed by atoms with Crippen LogP contribution >= 0.6 is 11.6 Å². The molecule has 3 nitrogen and oxygen atoms in total. The van der Waals surface area contributed by atoms with Crippen LogP contribution in [0, 0.1) is 5.92 Å². The molecule has 3 rings (SSSR count). The molecule has 0 unspecified atom stereocenters. The van der Waals surface area contributed by atoms with Gasteiger partial charge in [0.15, 0.2) is 0 Å². The lowest BCUT2D eigenvalue weighted by Gasteiger charge is -2.32. The Bertz CT molecular complexity index is 562. The molecule has 0 spiro atoms. The van der Waals surface area contributed by atoms with Crippen molar-refractivity contribution in [3.63, 3.8) is 0 Å². The van der Waals surface area contributed by atoms with Crippen molar-refractivity contribution in [2.45, 2.75) is 25.9 Å². The molecule has 22 heavy (non-hydrogen) atoms. The molecule has 0 atom stereocenters. The minimum absolute atomic E-state index is 0.762. The van der Waals surface area contributed by atoms with E-state index in [2.05, 4.69) is 22.3 Å². The SMILES string of the molecule is Clc1ccccc1CN1CCC(CNCc2ccco2)CC1. The van der Waals surface area contributed by atoms with Crippen molar-refractivity contribution in [3.8, 4) is 0 Å². The summed E-state index contributed by atoms with van der Waals surface area (Å²) in [4.78, 5) is 2.50. The third-order valence-corrected chi connectivity index (χ3v) is 4.74. The third kappa shape index (κ3) is 4.35. The summed E-state index contributed by atoms with van der Waals surface area (Å²) in [6.07, 6.45) is 4.22. The highest BCUT2D eigenvalue weighted by molar-refractivity contribution is 6.31. The van der Waals surface area contributed by atoms with E-state index >= 15 is 0 Å². The first-order valence-corrected chi connectivity index (χ1v) is 8.38. The fraction of sp³-hybridized carbons (Fsp3) is 0.444. The zero-order chi connectivity index (χ0) is 15.2. The van der Waals surface area contributed by atoms with Crippen molar-refractivity contribution in [3.05, 3.63) is 59.0 Å². The zero-order valence-electron chi connectivity index (χ0n) is 12.8. The second-order valence-electron chi connectivity index (χ2n) is 6.02. The maximum Gasteiger partial charge on any atom is 0.117 e. The molecule has 1 fully saturated rings. The fourth-order valence-corrected chi connectivity index (χ4v) is 3.22. The van der Waals surface area contributed by atoms with E-state index in [0.717, 1.165) is 49.4 Å². The van der Waals surface area contributed by atoms with Crippen molar-refractivity contribution in [2.24, 2.45) is 5.92 Å². The third-order valence-electron chi connectivity index (χ3n) is 4.37. The molecule has 2 aromatic rings. The second-order valence-corrected chi connectivity index (χ2v) is 6.43. The predicted molar refractivity (Wildman–Crippen MR) is 89.9 cm³/mol. The van der Waals surface area contributed by atoms with Crippen LogP contribution in [0.2, 0.25) is 5.02 Å². The Hall–Kier alpha value is -1.29. The van der Waals surface area contributed by atoms with Crippen LogP contribution in [-0.2, 0) is 13.1 Å². The molecule has 0 radical (unpaired) electrons. The van der Waals surface area contributed by atoms with Gasteiger partial charge in [0.25, 0.3) is 0 Å². The van der Waals surface area contributed by atoms with Gasteiger partial charge in [-0.3, -0.25) is 4.90 Å². The molecule has 4 heteroatoms. The topological polar surface area (TPSA) is 28.4 Å². The number of hydrogen-bond acceptors (Lipinski definition) is 3. The minimum atomic E-state index is 0.762. The number of halogens is 1. The Morgan fingerprint density at radius 2 is 1.95 bits per heavy atom. The van der Waals surface area contributed by atoms with Gasteiger partial charge in [0, 0.05) is 11.6 Å². The highest BCUT2D eigenvalue weighted by atomic mass is 35.5. The van der Waals surface area contributed by atoms with Gasteiger partial charge in [-0.25, -0.2) is 0 Å². The molecule has 1 aromatic carbocycles. The molecule has 1 aliphatic heterocycles. The maximum absolute atomic E-state index is 6.24. The van der Waals surface area contributed by atoms with E-state index in [1.807, 2.05) is 24.3 Å². The first-order chi connectivity index (χ1) is 10.8. The zero-order valence-corrected chi connectivity index (χ0v) is 13.6. The summed E-state index contributed by atoms with van der Waals surface area (Å²) >= 11 is 6.24. The van der Waals surface area contributed by atoms with E-state index in [1.165, 1.54) is 18.4 Å². The number of likely N-dealkylation sites (tertiary alicyclic amines) is 1. The monoisotopic (exact) mass is 318 g/mol. The van der Waals surface area contributed by atoms with Crippen LogP contribution in [0.4, 0.5) is 0 Å². The predicted octanol–water partition coefficient (Wildman–Crippen LogP) is 3.93. The van der Waals surface area contributed by atoms with Crippen molar-refractivity contribution < 1.29 is 4.42 Å². The molecule has 1 saturated heterocycles. The van der Waals surface area contributed by atoms with E-state index in [-0.39, 0.29) is 0 Å². The Morgan fingerprint density at radius 3 is 2.68 bits per heavy atom. The smallest absolute Gasteiger partial charge is 0.117 e. The molecule has 2 heterocycles. The van der Waals surface area contributed by atoms with Crippen molar-refractivity contribution in [2.75, 3.05) is 19.6 Å². The maximum atomic E-state index is 6.24. The molecule has 1 aliphatic rings. The lowest BCUT2D eigenvalue weighted by molar-refractivity contribution is 0.175. The average molecular weight is 319 g/mol. The van der Waals surface area contributed by atoms with Gasteiger partial charge < -0.3 is 9.73 Å². The van der Waals surface area contributed by atoms with Gasteiger partial charge in [-0.05, 0) is 62.2 Å². The molecule has 0 saturated carbocycles. The summed E-state index contributed by atoms with van der Waals surface area (Å²) in [7, 11) is 0. The van der Waals surface area contributed by atoms with Gasteiger partial charge in [-0.1, -0.05) is 29.8 Å². The second kappa shape index (κ2) is 7.82. The first-order valence-electron chi connectivity index (χ1n) is 8.00. The first kappa shape index (κ1) is 15.6. The van der Waals surface area contributed by atoms with Crippen LogP contribution < -0.4 is 5.32 Å². The molecule has 0 amide bonds. The van der Waals surface area contributed by atoms with Crippen molar-refractivity contribution >= 4 is 11.6 Å². The van der Waals surface area contributed by atoms with Crippen molar-refractivity contribution in [1.29, 1.82) is 0 Å². The molecular weight excluding hydrogens is 296 g/mol. The minimum Gasteiger partial charge on any atom is -0.468 e. The number of hydrogen-bond donors (Lipinski definition) is 1. The number of benzene rings is 1. The number of furan rings is 1. The summed E-state index contributed by atoms with van der Waals surface area (Å²) in [5.74, 6) is 1.77. The number of nitrogens with one attached hydrogen (secondary N) is 1. The van der Waals surface area contributed by atoms with Crippen LogP contribution in [-0.4, -0.2) is 24.5 Å². The Labute approximate surface area is 137 Å². The van der Waals surface area contributed by atoms with E-state index < -0.39 is 0 Å². The molecule has 118 valence electrons. The lowest BCUT2D eigenvalue weighted by Crippen LogP contribution is -2.36. The quantitative estimate of drug-likeness (QED) is 0.874. The molecular formula is C18H23ClN2O. The molecule has 1 N–H and O–H groups in total. The van der Waals surface area contributed by atoms with E-state index in [0.29, 0.717) is 0 Å². The van der Waals surface area contributed by atoms with Gasteiger partial charge in [0.2, 0.25) is 0 Å². The summed E-state index contributed by atoms with van der Waals surface area (Å²) in [6.45, 7) is 5.16. The van der Waals surface area contributed by atoms with E-state index in [4.69, 9.17) is 16.0 Å². The lowest BCUT2D eigenvalue weighted by atomic mass is 9.96. The summed E-state index contributed by atoms with van der Waals surface area (Å²) in [5, 5.41) is 4.38. The van der Waals surface area contributed by atoms with Crippen molar-refractivity contribution in [1.82, 2.24) is 10.2 Å². The van der Waals surface area contributed by atoms with E-state index in [9.17, 15) is 0 Å². The van der Waals surface area contributed by atoms with E-state index in [1.54, 1.807) is 6.26 Å². The Kier molecular flexibility index (Phi) is 5.54. The number of nitrogens with zero attached hydrogens (tertiary/aromatic N) is 1.